The van der Waals surface area contributed by atoms with Gasteiger partial charge in [0.15, 0.2) is 6.10 Å². The molecule has 0 radical (unpaired) electrons. The summed E-state index contributed by atoms with van der Waals surface area (Å²) in [7, 11) is -3.62. The first-order chi connectivity index (χ1) is 36.4. The third-order valence-corrected chi connectivity index (χ3v) is 16.4. The Kier molecular flexibility index (Phi) is 25.4. The minimum Gasteiger partial charge on any atom is -0.379 e. The van der Waals surface area contributed by atoms with Crippen molar-refractivity contribution in [3.8, 4) is 0 Å². The van der Waals surface area contributed by atoms with Crippen LogP contribution >= 0.6 is 46.4 Å². The third-order valence-electron chi connectivity index (χ3n) is 12.4. The molecule has 0 aromatic heterocycles. The number of nitrogens with zero attached hydrogens (tertiary/aromatic N) is 2. The van der Waals surface area contributed by atoms with E-state index in [-0.39, 0.29) is 127 Å². The minimum atomic E-state index is -3.81. The van der Waals surface area contributed by atoms with E-state index in [0.29, 0.717) is 46.3 Å². The second kappa shape index (κ2) is 31.0. The Bertz CT molecular complexity index is 2740. The highest BCUT2D eigenvalue weighted by Crippen LogP contribution is 2.40. The SMILES string of the molecule is CN1Cc2c(Cl)cc(Cl)cc2[C@@H](c2cccc(S(=O)(=O)NCCOCCOCCOCCNC(O)C(O)C(=O)NCCOCCOCCOCCNS(=O)(=O)c3cccc([C@@H]4CN(C)Cc5c(Cl)cc(Cl)cc54)c3)c2)C1. The number of hydrogen-bond donors (Lipinski definition) is 6. The van der Waals surface area contributed by atoms with E-state index in [4.69, 9.17) is 74.8 Å². The predicted octanol–water partition coefficient (Wildman–Crippen LogP) is 4.20. The highest BCUT2D eigenvalue weighted by atomic mass is 35.5. The second-order valence-electron chi connectivity index (χ2n) is 18.2. The molecule has 2 heterocycles. The van der Waals surface area contributed by atoms with Crippen molar-refractivity contribution >= 4 is 72.4 Å². The second-order valence-corrected chi connectivity index (χ2v) is 23.4. The van der Waals surface area contributed by atoms with Gasteiger partial charge in [0, 0.05) is 84.3 Å². The molecule has 0 bridgehead atoms. The number of halogens is 4. The fraction of sp³-hybridized carbons (Fsp3) is 0.510. The topological polar surface area (TPSA) is 236 Å². The third kappa shape index (κ3) is 19.0. The van der Waals surface area contributed by atoms with Crippen molar-refractivity contribution in [2.45, 2.75) is 47.0 Å². The molecule has 2 aliphatic heterocycles. The average Bonchev–Trinajstić information content (AvgIpc) is 3.40. The smallest absolute Gasteiger partial charge is 0.253 e. The number of aliphatic hydroxyl groups is 2. The molecule has 4 aromatic rings. The van der Waals surface area contributed by atoms with Crippen LogP contribution in [0.25, 0.3) is 0 Å². The lowest BCUT2D eigenvalue weighted by atomic mass is 9.85. The maximum Gasteiger partial charge on any atom is 0.253 e. The van der Waals surface area contributed by atoms with Crippen LogP contribution in [-0.4, -0.2) is 188 Å². The Morgan fingerprint density at radius 1 is 0.566 bits per heavy atom. The first kappa shape index (κ1) is 62.1. The Hall–Kier alpha value is -3.11. The van der Waals surface area contributed by atoms with E-state index in [1.165, 1.54) is 0 Å². The number of benzene rings is 4. The molecule has 4 atom stereocenters. The standard InChI is InChI=1S/C51H68Cl4N6O13S2/c1-60-31-43(41-27-37(52)29-47(54)45(41)33-60)35-5-3-7-39(25-35)75(65,66)58-11-15-71-19-23-73-21-17-69-13-9-56-50(63)49(62)51(64)57-10-14-70-18-22-74-24-20-72-16-12-59-76(67,68)40-8-4-6-36(26-40)44-32-61(2)34-46-42(44)28-38(53)30-48(46)55/h3-8,25-30,43-44,49-50,56,58-59,62-63H,9-24,31-34H2,1-2H3,(H,57,64)/t43-,44+,49?,50?/m1/s1. The number of amides is 1. The fourth-order valence-electron chi connectivity index (χ4n) is 8.69. The van der Waals surface area contributed by atoms with Gasteiger partial charge in [-0.2, -0.15) is 0 Å². The number of carbonyl (C=O) groups is 1. The van der Waals surface area contributed by atoms with Gasteiger partial charge in [0.25, 0.3) is 5.91 Å². The van der Waals surface area contributed by atoms with Crippen molar-refractivity contribution in [1.82, 2.24) is 29.9 Å². The molecule has 0 saturated heterocycles. The first-order valence-corrected chi connectivity index (χ1v) is 29.3. The van der Waals surface area contributed by atoms with Crippen LogP contribution in [0.15, 0.2) is 82.6 Å². The molecule has 4 aromatic carbocycles. The molecule has 2 unspecified atom stereocenters. The van der Waals surface area contributed by atoms with E-state index in [1.807, 2.05) is 38.4 Å². The molecule has 6 N–H and O–H groups in total. The van der Waals surface area contributed by atoms with Gasteiger partial charge in [-0.3, -0.25) is 10.1 Å². The molecule has 0 saturated carbocycles. The largest absolute Gasteiger partial charge is 0.379 e. The monoisotopic (exact) mass is 1180 g/mol. The summed E-state index contributed by atoms with van der Waals surface area (Å²) in [6, 6.07) is 21.0. The fourth-order valence-corrected chi connectivity index (χ4v) is 12.0. The molecule has 0 aliphatic carbocycles. The number of nitrogens with one attached hydrogen (secondary N) is 4. The normalized spacial score (nSPS) is 17.1. The number of sulfonamides is 2. The molecule has 0 fully saturated rings. The highest BCUT2D eigenvalue weighted by molar-refractivity contribution is 7.89. The van der Waals surface area contributed by atoms with Crippen molar-refractivity contribution in [3.05, 3.63) is 126 Å². The number of aliphatic hydroxyl groups excluding tert-OH is 2. The molecular weight excluding hydrogens is 1110 g/mol. The zero-order valence-electron chi connectivity index (χ0n) is 42.5. The van der Waals surface area contributed by atoms with Gasteiger partial charge in [-0.15, -0.1) is 0 Å². The van der Waals surface area contributed by atoms with Crippen LogP contribution in [0.1, 0.15) is 45.2 Å². The van der Waals surface area contributed by atoms with Crippen LogP contribution in [0.4, 0.5) is 0 Å². The quantitative estimate of drug-likeness (QED) is 0.0290. The van der Waals surface area contributed by atoms with Gasteiger partial charge >= 0.3 is 0 Å². The van der Waals surface area contributed by atoms with Crippen molar-refractivity contribution in [3.63, 3.8) is 0 Å². The van der Waals surface area contributed by atoms with Crippen molar-refractivity contribution in [2.24, 2.45) is 0 Å². The summed E-state index contributed by atoms with van der Waals surface area (Å²) in [5.41, 5.74) is 5.63. The molecule has 0 spiro atoms. The lowest BCUT2D eigenvalue weighted by molar-refractivity contribution is -0.136. The Morgan fingerprint density at radius 2 is 0.947 bits per heavy atom. The summed E-state index contributed by atoms with van der Waals surface area (Å²) in [5, 5.41) is 27.7. The zero-order valence-corrected chi connectivity index (χ0v) is 47.1. The minimum absolute atomic E-state index is 0.0668. The summed E-state index contributed by atoms with van der Waals surface area (Å²) in [6.07, 6.45) is -3.26. The van der Waals surface area contributed by atoms with Gasteiger partial charge in [0.2, 0.25) is 20.0 Å². The molecule has 25 heteroatoms. The predicted molar refractivity (Wildman–Crippen MR) is 290 cm³/mol. The molecule has 19 nitrogen and oxygen atoms in total. The van der Waals surface area contributed by atoms with Crippen molar-refractivity contribution < 1.29 is 60.3 Å². The highest BCUT2D eigenvalue weighted by Gasteiger charge is 2.30. The van der Waals surface area contributed by atoms with E-state index in [0.717, 1.165) is 33.4 Å². The van der Waals surface area contributed by atoms with E-state index in [2.05, 4.69) is 29.9 Å². The van der Waals surface area contributed by atoms with E-state index >= 15 is 0 Å². The maximum absolute atomic E-state index is 13.1. The molecule has 1 amide bonds. The van der Waals surface area contributed by atoms with Crippen LogP contribution in [-0.2, 0) is 66.4 Å². The number of ether oxygens (including phenoxy) is 6. The van der Waals surface area contributed by atoms with E-state index in [9.17, 15) is 31.8 Å². The lowest BCUT2D eigenvalue weighted by Crippen LogP contribution is -2.50. The Balaban J connectivity index is 0.712. The average molecular weight is 1180 g/mol. The lowest BCUT2D eigenvalue weighted by Gasteiger charge is -2.33. The van der Waals surface area contributed by atoms with Crippen LogP contribution in [0.2, 0.25) is 20.1 Å². The van der Waals surface area contributed by atoms with E-state index < -0.39 is 38.3 Å². The summed E-state index contributed by atoms with van der Waals surface area (Å²) in [4.78, 5) is 16.9. The van der Waals surface area contributed by atoms with Gasteiger partial charge in [0.1, 0.15) is 6.23 Å². The summed E-state index contributed by atoms with van der Waals surface area (Å²) in [6.45, 7) is 5.66. The molecular formula is C51H68Cl4N6O13S2. The van der Waals surface area contributed by atoms with Gasteiger partial charge in [0.05, 0.1) is 89.1 Å². The Morgan fingerprint density at radius 3 is 1.37 bits per heavy atom. The van der Waals surface area contributed by atoms with Crippen molar-refractivity contribution in [1.29, 1.82) is 0 Å². The molecule has 2 aliphatic rings. The van der Waals surface area contributed by atoms with Crippen LogP contribution < -0.4 is 20.1 Å². The van der Waals surface area contributed by atoms with Gasteiger partial charge in [-0.05, 0) is 96.0 Å². The van der Waals surface area contributed by atoms with Gasteiger partial charge in [-0.1, -0.05) is 70.7 Å². The van der Waals surface area contributed by atoms with E-state index in [1.54, 1.807) is 48.5 Å². The molecule has 76 heavy (non-hydrogen) atoms. The first-order valence-electron chi connectivity index (χ1n) is 24.8. The molecule has 6 rings (SSSR count). The molecule has 420 valence electrons. The maximum atomic E-state index is 13.1. The summed E-state index contributed by atoms with van der Waals surface area (Å²) in [5.74, 6) is -0.989. The van der Waals surface area contributed by atoms with Crippen LogP contribution in [0, 0.1) is 0 Å². The zero-order chi connectivity index (χ0) is 54.7. The van der Waals surface area contributed by atoms with Crippen LogP contribution in [0.3, 0.4) is 0 Å². The number of likely N-dealkylation sites (N-methyl/N-ethyl adjacent to an activating group) is 2. The number of fused-ring (bicyclic) bond motifs is 2. The number of carbonyl (C=O) groups excluding carboxylic acids is 1. The van der Waals surface area contributed by atoms with Crippen molar-refractivity contribution in [2.75, 3.05) is 133 Å². The summed E-state index contributed by atoms with van der Waals surface area (Å²) >= 11 is 25.7. The van der Waals surface area contributed by atoms with Gasteiger partial charge < -0.3 is 53.8 Å². The van der Waals surface area contributed by atoms with Gasteiger partial charge in [-0.25, -0.2) is 26.3 Å². The number of rotatable bonds is 33. The Labute approximate surface area is 465 Å². The number of hydrogen-bond acceptors (Lipinski definition) is 16. The van der Waals surface area contributed by atoms with Crippen LogP contribution in [0.5, 0.6) is 0 Å². The summed E-state index contributed by atoms with van der Waals surface area (Å²) < 4.78 is 90.6.